The van der Waals surface area contributed by atoms with Crippen LogP contribution in [0.4, 0.5) is 0 Å². The quantitative estimate of drug-likeness (QED) is 0.875. The Morgan fingerprint density at radius 1 is 1.41 bits per heavy atom. The summed E-state index contributed by atoms with van der Waals surface area (Å²) < 4.78 is 1.87. The molecule has 1 fully saturated rings. The van der Waals surface area contributed by atoms with Crippen molar-refractivity contribution >= 4 is 0 Å². The molecule has 2 rings (SSSR count). The zero-order chi connectivity index (χ0) is 12.3. The Morgan fingerprint density at radius 2 is 2.12 bits per heavy atom. The molecule has 17 heavy (non-hydrogen) atoms. The van der Waals surface area contributed by atoms with E-state index in [-0.39, 0.29) is 0 Å². The van der Waals surface area contributed by atoms with E-state index in [0.717, 1.165) is 50.3 Å². The fourth-order valence-electron chi connectivity index (χ4n) is 2.81. The van der Waals surface area contributed by atoms with Crippen molar-refractivity contribution in [1.82, 2.24) is 15.0 Å². The fourth-order valence-corrected chi connectivity index (χ4v) is 2.81. The van der Waals surface area contributed by atoms with Gasteiger partial charge in [-0.25, -0.2) is 4.68 Å². The van der Waals surface area contributed by atoms with Crippen LogP contribution in [0.5, 0.6) is 0 Å². The molecule has 0 radical (unpaired) electrons. The first-order valence-corrected chi connectivity index (χ1v) is 6.81. The van der Waals surface area contributed by atoms with Gasteiger partial charge in [-0.2, -0.15) is 0 Å². The maximum absolute atomic E-state index is 10.8. The summed E-state index contributed by atoms with van der Waals surface area (Å²) in [6, 6.07) is 0. The molecule has 0 aromatic carbocycles. The van der Waals surface area contributed by atoms with Gasteiger partial charge in [0.05, 0.1) is 11.9 Å². The molecule has 96 valence electrons. The SMILES string of the molecule is CCCn1nncc1C1(O)CCC(CC)CC1. The van der Waals surface area contributed by atoms with E-state index in [0.29, 0.717) is 0 Å². The van der Waals surface area contributed by atoms with Crippen LogP contribution in [0.3, 0.4) is 0 Å². The summed E-state index contributed by atoms with van der Waals surface area (Å²) in [5.41, 5.74) is 0.221. The third-order valence-electron chi connectivity index (χ3n) is 4.04. The average molecular weight is 237 g/mol. The lowest BCUT2D eigenvalue weighted by atomic mass is 9.76. The van der Waals surface area contributed by atoms with Crippen molar-refractivity contribution < 1.29 is 5.11 Å². The lowest BCUT2D eigenvalue weighted by Gasteiger charge is -2.35. The highest BCUT2D eigenvalue weighted by Crippen LogP contribution is 2.40. The van der Waals surface area contributed by atoms with Crippen molar-refractivity contribution in [3.05, 3.63) is 11.9 Å². The Bertz CT molecular complexity index is 353. The molecule has 0 amide bonds. The van der Waals surface area contributed by atoms with Crippen molar-refractivity contribution in [1.29, 1.82) is 0 Å². The van der Waals surface area contributed by atoms with Crippen LogP contribution < -0.4 is 0 Å². The molecule has 0 spiro atoms. The van der Waals surface area contributed by atoms with Gasteiger partial charge in [0, 0.05) is 6.54 Å². The normalized spacial score (nSPS) is 29.5. The van der Waals surface area contributed by atoms with Gasteiger partial charge in [-0.15, -0.1) is 5.10 Å². The topological polar surface area (TPSA) is 50.9 Å². The average Bonchev–Trinajstić information content (AvgIpc) is 2.80. The minimum Gasteiger partial charge on any atom is -0.384 e. The third kappa shape index (κ3) is 2.51. The maximum Gasteiger partial charge on any atom is 0.108 e. The number of aryl methyl sites for hydroxylation is 1. The molecule has 1 aromatic rings. The predicted octanol–water partition coefficient (Wildman–Crippen LogP) is 2.48. The summed E-state index contributed by atoms with van der Waals surface area (Å²) in [6.45, 7) is 5.19. The highest BCUT2D eigenvalue weighted by molar-refractivity contribution is 5.09. The molecule has 1 aliphatic rings. The van der Waals surface area contributed by atoms with E-state index in [1.165, 1.54) is 6.42 Å². The molecule has 0 atom stereocenters. The number of aliphatic hydroxyl groups is 1. The molecule has 1 aromatic heterocycles. The second-order valence-corrected chi connectivity index (χ2v) is 5.23. The molecular weight excluding hydrogens is 214 g/mol. The van der Waals surface area contributed by atoms with Crippen molar-refractivity contribution in [3.63, 3.8) is 0 Å². The first-order chi connectivity index (χ1) is 8.19. The molecule has 0 unspecified atom stereocenters. The lowest BCUT2D eigenvalue weighted by Crippen LogP contribution is -2.34. The highest BCUT2D eigenvalue weighted by Gasteiger charge is 2.37. The van der Waals surface area contributed by atoms with Crippen LogP contribution in [0.1, 0.15) is 58.1 Å². The molecule has 1 aliphatic carbocycles. The van der Waals surface area contributed by atoms with Gasteiger partial charge in [0.25, 0.3) is 0 Å². The summed E-state index contributed by atoms with van der Waals surface area (Å²) >= 11 is 0. The van der Waals surface area contributed by atoms with Gasteiger partial charge in [-0.3, -0.25) is 0 Å². The van der Waals surface area contributed by atoms with Crippen LogP contribution in [0.15, 0.2) is 6.20 Å². The monoisotopic (exact) mass is 237 g/mol. The highest BCUT2D eigenvalue weighted by atomic mass is 16.3. The zero-order valence-corrected chi connectivity index (χ0v) is 10.9. The van der Waals surface area contributed by atoms with Gasteiger partial charge in [0.15, 0.2) is 0 Å². The largest absolute Gasteiger partial charge is 0.384 e. The Morgan fingerprint density at radius 3 is 2.71 bits per heavy atom. The lowest BCUT2D eigenvalue weighted by molar-refractivity contribution is -0.0221. The molecule has 0 saturated heterocycles. The molecule has 1 saturated carbocycles. The number of nitrogens with zero attached hydrogens (tertiary/aromatic N) is 3. The van der Waals surface area contributed by atoms with E-state index in [9.17, 15) is 5.11 Å². The van der Waals surface area contributed by atoms with E-state index in [2.05, 4.69) is 24.2 Å². The number of hydrogen-bond donors (Lipinski definition) is 1. The van der Waals surface area contributed by atoms with Crippen LogP contribution in [-0.2, 0) is 12.1 Å². The Balaban J connectivity index is 2.12. The van der Waals surface area contributed by atoms with E-state index in [1.54, 1.807) is 6.20 Å². The van der Waals surface area contributed by atoms with Gasteiger partial charge >= 0.3 is 0 Å². The van der Waals surface area contributed by atoms with E-state index >= 15 is 0 Å². The molecule has 0 bridgehead atoms. The molecule has 4 heteroatoms. The maximum atomic E-state index is 10.8. The zero-order valence-electron chi connectivity index (χ0n) is 10.9. The minimum atomic E-state index is -0.690. The fraction of sp³-hybridized carbons (Fsp3) is 0.846. The van der Waals surface area contributed by atoms with Crippen LogP contribution >= 0.6 is 0 Å². The number of aromatic nitrogens is 3. The van der Waals surface area contributed by atoms with Gasteiger partial charge in [-0.1, -0.05) is 25.5 Å². The third-order valence-corrected chi connectivity index (χ3v) is 4.04. The number of rotatable bonds is 4. The van der Waals surface area contributed by atoms with Gasteiger partial charge < -0.3 is 5.11 Å². The van der Waals surface area contributed by atoms with Gasteiger partial charge in [0.1, 0.15) is 5.60 Å². The first kappa shape index (κ1) is 12.6. The van der Waals surface area contributed by atoms with Crippen molar-refractivity contribution in [2.45, 2.75) is 64.5 Å². The van der Waals surface area contributed by atoms with Gasteiger partial charge in [-0.05, 0) is 38.0 Å². The molecule has 0 aliphatic heterocycles. The predicted molar refractivity (Wildman–Crippen MR) is 66.5 cm³/mol. The standard InChI is InChI=1S/C13H23N3O/c1-3-9-16-12(10-14-15-16)13(17)7-5-11(4-2)6-8-13/h10-11,17H,3-9H2,1-2H3. The van der Waals surface area contributed by atoms with Crippen molar-refractivity contribution in [2.24, 2.45) is 5.92 Å². The van der Waals surface area contributed by atoms with E-state index < -0.39 is 5.60 Å². The minimum absolute atomic E-state index is 0.690. The summed E-state index contributed by atoms with van der Waals surface area (Å²) in [7, 11) is 0. The van der Waals surface area contributed by atoms with Crippen LogP contribution in [0, 0.1) is 5.92 Å². The summed E-state index contributed by atoms with van der Waals surface area (Å²) in [6.07, 6.45) is 7.91. The second kappa shape index (κ2) is 5.17. The number of hydrogen-bond acceptors (Lipinski definition) is 3. The molecule has 1 N–H and O–H groups in total. The van der Waals surface area contributed by atoms with E-state index in [4.69, 9.17) is 0 Å². The van der Waals surface area contributed by atoms with Gasteiger partial charge in [0.2, 0.25) is 0 Å². The first-order valence-electron chi connectivity index (χ1n) is 6.81. The summed E-state index contributed by atoms with van der Waals surface area (Å²) in [4.78, 5) is 0. The summed E-state index contributed by atoms with van der Waals surface area (Å²) in [5, 5.41) is 18.8. The smallest absolute Gasteiger partial charge is 0.108 e. The second-order valence-electron chi connectivity index (χ2n) is 5.23. The van der Waals surface area contributed by atoms with Crippen LogP contribution in [-0.4, -0.2) is 20.1 Å². The van der Waals surface area contributed by atoms with Crippen LogP contribution in [0.25, 0.3) is 0 Å². The molecule has 4 nitrogen and oxygen atoms in total. The Hall–Kier alpha value is -0.900. The van der Waals surface area contributed by atoms with Crippen molar-refractivity contribution in [2.75, 3.05) is 0 Å². The molecular formula is C13H23N3O. The van der Waals surface area contributed by atoms with Crippen molar-refractivity contribution in [3.8, 4) is 0 Å². The Labute approximate surface area is 103 Å². The van der Waals surface area contributed by atoms with E-state index in [1.807, 2.05) is 4.68 Å². The summed E-state index contributed by atoms with van der Waals surface area (Å²) in [5.74, 6) is 0.783. The Kier molecular flexibility index (Phi) is 3.82. The molecule has 1 heterocycles. The van der Waals surface area contributed by atoms with Crippen LogP contribution in [0.2, 0.25) is 0 Å².